The van der Waals surface area contributed by atoms with Crippen molar-refractivity contribution in [2.45, 2.75) is 13.5 Å². The van der Waals surface area contributed by atoms with E-state index in [9.17, 15) is 0 Å². The number of nitrogens with zero attached hydrogens (tertiary/aromatic N) is 7. The maximum atomic E-state index is 4.67. The lowest BCUT2D eigenvalue weighted by Gasteiger charge is -2.06. The molecule has 0 radical (unpaired) electrons. The van der Waals surface area contributed by atoms with Gasteiger partial charge >= 0.3 is 0 Å². The van der Waals surface area contributed by atoms with Gasteiger partial charge in [0.2, 0.25) is 0 Å². The zero-order chi connectivity index (χ0) is 15.1. The number of benzene rings is 1. The van der Waals surface area contributed by atoms with Crippen molar-refractivity contribution >= 4 is 22.5 Å². The van der Waals surface area contributed by atoms with Crippen LogP contribution < -0.4 is 5.32 Å². The SMILES string of the molecule is Cc1cccc2nc(CNc3ccc4nnnn4n3)n(C)c12. The molecule has 3 aromatic heterocycles. The molecule has 110 valence electrons. The van der Waals surface area contributed by atoms with Crippen LogP contribution in [0.1, 0.15) is 11.4 Å². The monoisotopic (exact) mass is 294 g/mol. The Balaban J connectivity index is 1.63. The van der Waals surface area contributed by atoms with Crippen molar-refractivity contribution in [3.63, 3.8) is 0 Å². The first-order valence-electron chi connectivity index (χ1n) is 6.92. The molecule has 4 rings (SSSR count). The summed E-state index contributed by atoms with van der Waals surface area (Å²) in [5.41, 5.74) is 3.99. The van der Waals surface area contributed by atoms with Gasteiger partial charge in [0.1, 0.15) is 11.6 Å². The van der Waals surface area contributed by atoms with Crippen molar-refractivity contribution in [1.29, 1.82) is 0 Å². The van der Waals surface area contributed by atoms with Crippen LogP contribution in [0, 0.1) is 6.92 Å². The highest BCUT2D eigenvalue weighted by Gasteiger charge is 2.09. The van der Waals surface area contributed by atoms with E-state index in [2.05, 4.69) is 48.5 Å². The van der Waals surface area contributed by atoms with Gasteiger partial charge in [0.25, 0.3) is 0 Å². The van der Waals surface area contributed by atoms with E-state index < -0.39 is 0 Å². The average molecular weight is 294 g/mol. The van der Waals surface area contributed by atoms with Gasteiger partial charge < -0.3 is 9.88 Å². The van der Waals surface area contributed by atoms with Gasteiger partial charge in [-0.05, 0) is 41.1 Å². The Morgan fingerprint density at radius 2 is 2.09 bits per heavy atom. The summed E-state index contributed by atoms with van der Waals surface area (Å²) in [4.78, 5) is 4.67. The van der Waals surface area contributed by atoms with E-state index in [0.717, 1.165) is 16.9 Å². The molecule has 0 atom stereocenters. The van der Waals surface area contributed by atoms with E-state index in [4.69, 9.17) is 0 Å². The molecule has 4 aromatic rings. The molecule has 1 N–H and O–H groups in total. The number of nitrogens with one attached hydrogen (secondary N) is 1. The number of para-hydroxylation sites is 1. The minimum Gasteiger partial charge on any atom is -0.361 e. The standard InChI is InChI=1S/C14H14N8/c1-9-4-3-5-10-14(9)21(2)13(16-10)8-15-11-6-7-12-17-19-20-22(12)18-11/h3-7H,8H2,1-2H3,(H,15,18). The van der Waals surface area contributed by atoms with E-state index in [0.29, 0.717) is 18.0 Å². The molecule has 0 aliphatic rings. The van der Waals surface area contributed by atoms with E-state index in [1.54, 1.807) is 0 Å². The van der Waals surface area contributed by atoms with Crippen molar-refractivity contribution in [3.05, 3.63) is 41.7 Å². The van der Waals surface area contributed by atoms with Crippen molar-refractivity contribution in [2.75, 3.05) is 5.32 Å². The van der Waals surface area contributed by atoms with Crippen LogP contribution in [0.5, 0.6) is 0 Å². The predicted molar refractivity (Wildman–Crippen MR) is 81.4 cm³/mol. The van der Waals surface area contributed by atoms with Crippen LogP contribution in [0.2, 0.25) is 0 Å². The Morgan fingerprint density at radius 1 is 1.18 bits per heavy atom. The highest BCUT2D eigenvalue weighted by atomic mass is 15.6. The van der Waals surface area contributed by atoms with Gasteiger partial charge in [0.15, 0.2) is 5.65 Å². The number of hydrogen-bond donors (Lipinski definition) is 1. The molecule has 0 amide bonds. The van der Waals surface area contributed by atoms with Gasteiger partial charge in [-0.15, -0.1) is 14.8 Å². The molecule has 3 heterocycles. The molecule has 1 aromatic carbocycles. The minimum atomic E-state index is 0.575. The molecule has 0 spiro atoms. The van der Waals surface area contributed by atoms with Crippen molar-refractivity contribution in [2.24, 2.45) is 7.05 Å². The summed E-state index contributed by atoms with van der Waals surface area (Å²) < 4.78 is 3.49. The van der Waals surface area contributed by atoms with Crippen LogP contribution in [0.4, 0.5) is 5.82 Å². The van der Waals surface area contributed by atoms with E-state index >= 15 is 0 Å². The summed E-state index contributed by atoms with van der Waals surface area (Å²) in [7, 11) is 2.03. The van der Waals surface area contributed by atoms with Gasteiger partial charge in [-0.2, -0.15) is 0 Å². The summed E-state index contributed by atoms with van der Waals surface area (Å²) in [5, 5.41) is 18.7. The fraction of sp³-hybridized carbons (Fsp3) is 0.214. The first kappa shape index (κ1) is 12.7. The minimum absolute atomic E-state index is 0.575. The number of aromatic nitrogens is 7. The van der Waals surface area contributed by atoms with Gasteiger partial charge in [-0.1, -0.05) is 12.1 Å². The van der Waals surface area contributed by atoms with E-state index in [1.165, 1.54) is 10.2 Å². The molecular formula is C14H14N8. The third-order valence-electron chi connectivity index (χ3n) is 3.69. The third-order valence-corrected chi connectivity index (χ3v) is 3.69. The molecule has 0 aliphatic heterocycles. The predicted octanol–water partition coefficient (Wildman–Crippen LogP) is 1.33. The lowest BCUT2D eigenvalue weighted by atomic mass is 10.2. The number of imidazole rings is 1. The van der Waals surface area contributed by atoms with Crippen molar-refractivity contribution in [3.8, 4) is 0 Å². The van der Waals surface area contributed by atoms with Crippen molar-refractivity contribution in [1.82, 2.24) is 34.8 Å². The zero-order valence-electron chi connectivity index (χ0n) is 12.2. The fourth-order valence-electron chi connectivity index (χ4n) is 2.58. The second kappa shape index (κ2) is 4.76. The molecule has 22 heavy (non-hydrogen) atoms. The molecule has 0 saturated carbocycles. The van der Waals surface area contributed by atoms with Gasteiger partial charge in [0.05, 0.1) is 17.6 Å². The number of anilines is 1. The molecule has 0 bridgehead atoms. The first-order chi connectivity index (χ1) is 10.7. The molecule has 0 saturated heterocycles. The number of aryl methyl sites for hydroxylation is 2. The summed E-state index contributed by atoms with van der Waals surface area (Å²) in [6, 6.07) is 9.80. The Hall–Kier alpha value is -3.03. The Bertz CT molecular complexity index is 967. The molecule has 0 unspecified atom stereocenters. The highest BCUT2D eigenvalue weighted by Crippen LogP contribution is 2.19. The fourth-order valence-corrected chi connectivity index (χ4v) is 2.58. The number of hydrogen-bond acceptors (Lipinski definition) is 6. The second-order valence-corrected chi connectivity index (χ2v) is 5.13. The smallest absolute Gasteiger partial charge is 0.200 e. The molecular weight excluding hydrogens is 280 g/mol. The molecule has 0 aliphatic carbocycles. The Morgan fingerprint density at radius 3 is 2.95 bits per heavy atom. The largest absolute Gasteiger partial charge is 0.361 e. The zero-order valence-corrected chi connectivity index (χ0v) is 12.2. The maximum absolute atomic E-state index is 4.67. The van der Waals surface area contributed by atoms with Gasteiger partial charge in [-0.25, -0.2) is 4.98 Å². The van der Waals surface area contributed by atoms with Crippen molar-refractivity contribution < 1.29 is 0 Å². The highest BCUT2D eigenvalue weighted by molar-refractivity contribution is 5.79. The third kappa shape index (κ3) is 1.96. The topological polar surface area (TPSA) is 85.8 Å². The quantitative estimate of drug-likeness (QED) is 0.613. The van der Waals surface area contributed by atoms with E-state index in [1.807, 2.05) is 31.3 Å². The maximum Gasteiger partial charge on any atom is 0.200 e. The van der Waals surface area contributed by atoms with Crippen LogP contribution in [0.25, 0.3) is 16.7 Å². The van der Waals surface area contributed by atoms with Crippen LogP contribution >= 0.6 is 0 Å². The van der Waals surface area contributed by atoms with Gasteiger partial charge in [0, 0.05) is 7.05 Å². The Kier molecular flexibility index (Phi) is 2.75. The van der Waals surface area contributed by atoms with E-state index in [-0.39, 0.29) is 0 Å². The van der Waals surface area contributed by atoms with Gasteiger partial charge in [-0.3, -0.25) is 0 Å². The summed E-state index contributed by atoms with van der Waals surface area (Å²) in [6.07, 6.45) is 0. The average Bonchev–Trinajstić information content (AvgIpc) is 3.10. The molecule has 8 nitrogen and oxygen atoms in total. The molecule has 8 heteroatoms. The summed E-state index contributed by atoms with van der Waals surface area (Å²) in [6.45, 7) is 2.67. The van der Waals surface area contributed by atoms with Crippen LogP contribution in [-0.4, -0.2) is 34.8 Å². The number of fused-ring (bicyclic) bond motifs is 2. The summed E-state index contributed by atoms with van der Waals surface area (Å²) in [5.74, 6) is 1.64. The second-order valence-electron chi connectivity index (χ2n) is 5.13. The number of tetrazole rings is 1. The Labute approximate surface area is 125 Å². The van der Waals surface area contributed by atoms with Crippen LogP contribution in [-0.2, 0) is 13.6 Å². The summed E-state index contributed by atoms with van der Waals surface area (Å²) >= 11 is 0. The van der Waals surface area contributed by atoms with Crippen LogP contribution in [0.3, 0.4) is 0 Å². The molecule has 0 fully saturated rings. The van der Waals surface area contributed by atoms with Crippen LogP contribution in [0.15, 0.2) is 30.3 Å². The normalized spacial score (nSPS) is 11.4. The lowest BCUT2D eigenvalue weighted by molar-refractivity contribution is 0.731. The lowest BCUT2D eigenvalue weighted by Crippen LogP contribution is -2.08. The number of rotatable bonds is 3. The first-order valence-corrected chi connectivity index (χ1v) is 6.92.